The largest absolute Gasteiger partial charge is 0.352 e. The number of hydrogen-bond donors (Lipinski definition) is 1. The summed E-state index contributed by atoms with van der Waals surface area (Å²) in [6.45, 7) is 3.25. The summed E-state index contributed by atoms with van der Waals surface area (Å²) in [5.41, 5.74) is 1.63. The second kappa shape index (κ2) is 14.2. The molecule has 0 saturated carbocycles. The van der Waals surface area contributed by atoms with Gasteiger partial charge in [0.1, 0.15) is 12.6 Å². The van der Waals surface area contributed by atoms with Gasteiger partial charge in [0.25, 0.3) is 0 Å². The number of carbonyl (C=O) groups excluding carboxylic acids is 2. The van der Waals surface area contributed by atoms with Gasteiger partial charge in [0.15, 0.2) is 0 Å². The number of nitrogens with zero attached hydrogens (tertiary/aromatic N) is 2. The van der Waals surface area contributed by atoms with E-state index in [2.05, 4.69) is 5.32 Å². The number of sulfonamides is 1. The van der Waals surface area contributed by atoms with Crippen LogP contribution < -0.4 is 9.62 Å². The Bertz CT molecular complexity index is 1440. The van der Waals surface area contributed by atoms with Gasteiger partial charge in [0.05, 0.1) is 22.0 Å². The van der Waals surface area contributed by atoms with Crippen molar-refractivity contribution in [2.45, 2.75) is 45.3 Å². The first kappa shape index (κ1) is 31.7. The zero-order chi connectivity index (χ0) is 29.4. The Morgan fingerprint density at radius 1 is 0.900 bits per heavy atom. The summed E-state index contributed by atoms with van der Waals surface area (Å²) in [5, 5.41) is 3.79. The van der Waals surface area contributed by atoms with Crippen molar-refractivity contribution in [1.82, 2.24) is 10.2 Å². The molecule has 0 saturated heterocycles. The van der Waals surface area contributed by atoms with Crippen LogP contribution in [0.15, 0.2) is 72.8 Å². The Kier molecular flexibility index (Phi) is 11.3. The first-order valence-electron chi connectivity index (χ1n) is 12.7. The maximum atomic E-state index is 14.1. The molecule has 3 aromatic rings. The van der Waals surface area contributed by atoms with E-state index < -0.39 is 28.5 Å². The molecule has 7 nitrogen and oxygen atoms in total. The second-order valence-corrected chi connectivity index (χ2v) is 12.6. The minimum absolute atomic E-state index is 0.0110. The predicted molar refractivity (Wildman–Crippen MR) is 162 cm³/mol. The van der Waals surface area contributed by atoms with Crippen LogP contribution in [0.1, 0.15) is 31.4 Å². The van der Waals surface area contributed by atoms with Crippen LogP contribution in [0.3, 0.4) is 0 Å². The van der Waals surface area contributed by atoms with E-state index >= 15 is 0 Å². The van der Waals surface area contributed by atoms with Crippen molar-refractivity contribution in [2.24, 2.45) is 0 Å². The lowest BCUT2D eigenvalue weighted by atomic mass is 10.0. The SMILES string of the molecule is CC[C@@H](C)NC(=O)[C@@H](Cc1ccccc1)N(Cc1ccccc1Cl)C(=O)CN(c1ccc(Cl)c(Cl)c1)S(C)(=O)=O. The van der Waals surface area contributed by atoms with E-state index in [4.69, 9.17) is 34.8 Å². The van der Waals surface area contributed by atoms with Crippen molar-refractivity contribution < 1.29 is 18.0 Å². The smallest absolute Gasteiger partial charge is 0.244 e. The molecule has 40 heavy (non-hydrogen) atoms. The number of rotatable bonds is 12. The number of hydrogen-bond acceptors (Lipinski definition) is 4. The highest BCUT2D eigenvalue weighted by Crippen LogP contribution is 2.29. The van der Waals surface area contributed by atoms with Gasteiger partial charge < -0.3 is 10.2 Å². The molecule has 11 heteroatoms. The Morgan fingerprint density at radius 2 is 1.55 bits per heavy atom. The molecule has 0 radical (unpaired) electrons. The molecule has 0 aliphatic rings. The van der Waals surface area contributed by atoms with E-state index in [0.29, 0.717) is 17.0 Å². The first-order valence-corrected chi connectivity index (χ1v) is 15.7. The molecule has 214 valence electrons. The third-order valence-corrected chi connectivity index (χ3v) is 8.69. The van der Waals surface area contributed by atoms with Crippen LogP contribution >= 0.6 is 34.8 Å². The summed E-state index contributed by atoms with van der Waals surface area (Å²) in [5.74, 6) is -0.935. The molecule has 0 aliphatic carbocycles. The highest BCUT2D eigenvalue weighted by atomic mass is 35.5. The number of anilines is 1. The first-order chi connectivity index (χ1) is 18.9. The lowest BCUT2D eigenvalue weighted by molar-refractivity contribution is -0.140. The highest BCUT2D eigenvalue weighted by molar-refractivity contribution is 7.92. The summed E-state index contributed by atoms with van der Waals surface area (Å²) in [7, 11) is -3.93. The maximum absolute atomic E-state index is 14.1. The molecule has 0 aliphatic heterocycles. The molecule has 0 aromatic heterocycles. The molecule has 0 heterocycles. The van der Waals surface area contributed by atoms with Crippen molar-refractivity contribution in [1.29, 1.82) is 0 Å². The molecule has 3 rings (SSSR count). The minimum Gasteiger partial charge on any atom is -0.352 e. The number of halogens is 3. The molecular formula is C29H32Cl3N3O4S. The zero-order valence-electron chi connectivity index (χ0n) is 22.5. The molecule has 3 aromatic carbocycles. The zero-order valence-corrected chi connectivity index (χ0v) is 25.6. The molecule has 2 atom stereocenters. The van der Waals surface area contributed by atoms with Gasteiger partial charge in [-0.15, -0.1) is 0 Å². The molecule has 0 fully saturated rings. The second-order valence-electron chi connectivity index (χ2n) is 9.50. The fraction of sp³-hybridized carbons (Fsp3) is 0.310. The minimum atomic E-state index is -3.93. The van der Waals surface area contributed by atoms with Crippen LogP contribution in [0.4, 0.5) is 5.69 Å². The summed E-state index contributed by atoms with van der Waals surface area (Å²) in [4.78, 5) is 29.1. The Morgan fingerprint density at radius 3 is 2.15 bits per heavy atom. The lowest BCUT2D eigenvalue weighted by Gasteiger charge is -2.34. The predicted octanol–water partition coefficient (Wildman–Crippen LogP) is 5.97. The lowest BCUT2D eigenvalue weighted by Crippen LogP contribution is -2.54. The Balaban J connectivity index is 2.08. The van der Waals surface area contributed by atoms with E-state index in [1.165, 1.54) is 23.1 Å². The van der Waals surface area contributed by atoms with Crippen LogP contribution in [-0.2, 0) is 32.6 Å². The molecule has 0 spiro atoms. The van der Waals surface area contributed by atoms with Gasteiger partial charge in [0, 0.05) is 24.0 Å². The van der Waals surface area contributed by atoms with Gasteiger partial charge in [-0.05, 0) is 48.7 Å². The third-order valence-electron chi connectivity index (χ3n) is 6.44. The van der Waals surface area contributed by atoms with Gasteiger partial charge in [-0.1, -0.05) is 90.3 Å². The average Bonchev–Trinajstić information content (AvgIpc) is 2.91. The Hall–Kier alpha value is -2.78. The number of nitrogens with one attached hydrogen (secondary N) is 1. The van der Waals surface area contributed by atoms with Crippen molar-refractivity contribution in [3.8, 4) is 0 Å². The van der Waals surface area contributed by atoms with E-state index in [1.807, 2.05) is 44.2 Å². The Labute approximate surface area is 251 Å². The normalized spacial score (nSPS) is 12.8. The van der Waals surface area contributed by atoms with Crippen LogP contribution in [0.2, 0.25) is 15.1 Å². The quantitative estimate of drug-likeness (QED) is 0.269. The number of amides is 2. The highest BCUT2D eigenvalue weighted by Gasteiger charge is 2.33. The van der Waals surface area contributed by atoms with Gasteiger partial charge in [-0.2, -0.15) is 0 Å². The summed E-state index contributed by atoms with van der Waals surface area (Å²) < 4.78 is 26.7. The monoisotopic (exact) mass is 623 g/mol. The van der Waals surface area contributed by atoms with Crippen LogP contribution in [0, 0.1) is 0 Å². The van der Waals surface area contributed by atoms with Gasteiger partial charge in [-0.25, -0.2) is 8.42 Å². The number of carbonyl (C=O) groups is 2. The summed E-state index contributed by atoms with van der Waals surface area (Å²) in [6.07, 6.45) is 1.91. The van der Waals surface area contributed by atoms with Crippen LogP contribution in [0.25, 0.3) is 0 Å². The molecule has 0 unspecified atom stereocenters. The molecule has 0 bridgehead atoms. The standard InChI is InChI=1S/C29H32Cl3N3O4S/c1-4-20(2)33-29(37)27(16-21-10-6-5-7-11-21)34(18-22-12-8-9-13-24(22)30)28(36)19-35(40(3,38)39)23-14-15-25(31)26(32)17-23/h5-15,17,20,27H,4,16,18-19H2,1-3H3,(H,33,37)/t20-,27-/m1/s1. The molecule has 1 N–H and O–H groups in total. The molecular weight excluding hydrogens is 593 g/mol. The topological polar surface area (TPSA) is 86.8 Å². The van der Waals surface area contributed by atoms with E-state index in [1.54, 1.807) is 24.3 Å². The van der Waals surface area contributed by atoms with Crippen molar-refractivity contribution in [2.75, 3.05) is 17.1 Å². The fourth-order valence-electron chi connectivity index (χ4n) is 4.06. The van der Waals surface area contributed by atoms with Gasteiger partial charge in [0.2, 0.25) is 21.8 Å². The van der Waals surface area contributed by atoms with Crippen molar-refractivity contribution >= 4 is 62.3 Å². The fourth-order valence-corrected chi connectivity index (χ4v) is 5.39. The van der Waals surface area contributed by atoms with E-state index in [-0.39, 0.29) is 40.6 Å². The van der Waals surface area contributed by atoms with Crippen molar-refractivity contribution in [3.05, 3.63) is 99.0 Å². The average molecular weight is 625 g/mol. The summed E-state index contributed by atoms with van der Waals surface area (Å²) >= 11 is 18.7. The van der Waals surface area contributed by atoms with Crippen LogP contribution in [0.5, 0.6) is 0 Å². The maximum Gasteiger partial charge on any atom is 0.244 e. The van der Waals surface area contributed by atoms with Crippen molar-refractivity contribution in [3.63, 3.8) is 0 Å². The van der Waals surface area contributed by atoms with E-state index in [0.717, 1.165) is 16.1 Å². The third kappa shape index (κ3) is 8.61. The van der Waals surface area contributed by atoms with Crippen LogP contribution in [-0.4, -0.2) is 50.0 Å². The van der Waals surface area contributed by atoms with E-state index in [9.17, 15) is 18.0 Å². The van der Waals surface area contributed by atoms with Gasteiger partial charge >= 0.3 is 0 Å². The summed E-state index contributed by atoms with van der Waals surface area (Å²) in [6, 6.07) is 19.6. The number of benzene rings is 3. The van der Waals surface area contributed by atoms with Gasteiger partial charge in [-0.3, -0.25) is 13.9 Å². The molecule has 2 amide bonds.